The average Bonchev–Trinajstić information content (AvgIpc) is 3.03. The highest BCUT2D eigenvalue weighted by Gasteiger charge is 2.21. The molecule has 0 spiro atoms. The van der Waals surface area contributed by atoms with Crippen LogP contribution in [0, 0.1) is 6.92 Å². The summed E-state index contributed by atoms with van der Waals surface area (Å²) in [6, 6.07) is 9.65. The molecule has 0 saturated carbocycles. The summed E-state index contributed by atoms with van der Waals surface area (Å²) < 4.78 is 40.3. The van der Waals surface area contributed by atoms with Crippen molar-refractivity contribution in [3.8, 4) is 0 Å². The molecule has 1 aromatic heterocycles. The SMILES string of the molecule is COC(CNC(=O)c1ccc(CS(=O)(=O)c2ccccc2C)o1)OC. The Kier molecular flexibility index (Phi) is 6.35. The second-order valence-electron chi connectivity index (χ2n) is 5.40. The van der Waals surface area contributed by atoms with Crippen LogP contribution in [0.2, 0.25) is 0 Å². The summed E-state index contributed by atoms with van der Waals surface area (Å²) in [5.41, 5.74) is 0.664. The number of ether oxygens (including phenoxy) is 2. The van der Waals surface area contributed by atoms with E-state index >= 15 is 0 Å². The van der Waals surface area contributed by atoms with E-state index in [2.05, 4.69) is 5.32 Å². The largest absolute Gasteiger partial charge is 0.455 e. The third-order valence-electron chi connectivity index (χ3n) is 3.60. The molecule has 0 aliphatic carbocycles. The normalized spacial score (nSPS) is 11.7. The molecule has 25 heavy (non-hydrogen) atoms. The molecule has 2 aromatic rings. The predicted octanol–water partition coefficient (Wildman–Crippen LogP) is 1.91. The standard InChI is InChI=1S/C17H21NO6S/c1-12-6-4-5-7-15(12)25(20,21)11-13-8-9-14(24-13)17(19)18-10-16(22-2)23-3/h4-9,16H,10-11H2,1-3H3,(H,18,19). The lowest BCUT2D eigenvalue weighted by atomic mass is 10.2. The van der Waals surface area contributed by atoms with Crippen molar-refractivity contribution in [3.63, 3.8) is 0 Å². The Labute approximate surface area is 146 Å². The molecule has 0 aliphatic rings. The first kappa shape index (κ1) is 19.2. The highest BCUT2D eigenvalue weighted by Crippen LogP contribution is 2.21. The number of benzene rings is 1. The minimum atomic E-state index is -3.56. The zero-order valence-corrected chi connectivity index (χ0v) is 15.1. The summed E-state index contributed by atoms with van der Waals surface area (Å²) in [4.78, 5) is 12.3. The molecule has 1 aromatic carbocycles. The number of rotatable bonds is 8. The number of carbonyl (C=O) groups excluding carboxylic acids is 1. The average molecular weight is 367 g/mol. The summed E-state index contributed by atoms with van der Waals surface area (Å²) in [7, 11) is -0.635. The van der Waals surface area contributed by atoms with E-state index < -0.39 is 22.0 Å². The van der Waals surface area contributed by atoms with Crippen molar-refractivity contribution in [2.75, 3.05) is 20.8 Å². The van der Waals surface area contributed by atoms with E-state index in [9.17, 15) is 13.2 Å². The number of furan rings is 1. The van der Waals surface area contributed by atoms with Gasteiger partial charge in [-0.2, -0.15) is 0 Å². The summed E-state index contributed by atoms with van der Waals surface area (Å²) in [5, 5.41) is 2.59. The minimum absolute atomic E-state index is 0.0286. The zero-order valence-electron chi connectivity index (χ0n) is 14.3. The monoisotopic (exact) mass is 367 g/mol. The third-order valence-corrected chi connectivity index (χ3v) is 5.39. The van der Waals surface area contributed by atoms with E-state index in [0.717, 1.165) is 0 Å². The number of sulfone groups is 1. The lowest BCUT2D eigenvalue weighted by Gasteiger charge is -2.13. The Balaban J connectivity index is 2.06. The Morgan fingerprint density at radius 1 is 1.16 bits per heavy atom. The molecule has 136 valence electrons. The highest BCUT2D eigenvalue weighted by molar-refractivity contribution is 7.90. The van der Waals surface area contributed by atoms with Crippen molar-refractivity contribution in [2.45, 2.75) is 23.9 Å². The number of carbonyl (C=O) groups is 1. The molecule has 8 heteroatoms. The number of hydrogen-bond donors (Lipinski definition) is 1. The molecule has 0 bridgehead atoms. The summed E-state index contributed by atoms with van der Waals surface area (Å²) in [5.74, 6) is -0.563. The van der Waals surface area contributed by atoms with E-state index in [1.54, 1.807) is 31.2 Å². The van der Waals surface area contributed by atoms with Crippen LogP contribution >= 0.6 is 0 Å². The fraction of sp³-hybridized carbons (Fsp3) is 0.353. The fourth-order valence-corrected chi connectivity index (χ4v) is 3.80. The fourth-order valence-electron chi connectivity index (χ4n) is 2.27. The van der Waals surface area contributed by atoms with Crippen LogP contribution in [0.4, 0.5) is 0 Å². The van der Waals surface area contributed by atoms with E-state index in [0.29, 0.717) is 5.56 Å². The van der Waals surface area contributed by atoms with E-state index in [-0.39, 0.29) is 28.7 Å². The number of amides is 1. The van der Waals surface area contributed by atoms with Crippen LogP contribution in [0.25, 0.3) is 0 Å². The molecule has 0 aliphatic heterocycles. The van der Waals surface area contributed by atoms with Gasteiger partial charge in [-0.3, -0.25) is 4.79 Å². The van der Waals surface area contributed by atoms with Gasteiger partial charge in [-0.25, -0.2) is 8.42 Å². The molecule has 0 fully saturated rings. The van der Waals surface area contributed by atoms with Crippen molar-refractivity contribution in [1.29, 1.82) is 0 Å². The Bertz CT molecular complexity index is 823. The zero-order chi connectivity index (χ0) is 18.4. The first-order valence-electron chi connectivity index (χ1n) is 7.58. The van der Waals surface area contributed by atoms with Crippen LogP contribution in [-0.4, -0.2) is 41.4 Å². The molecule has 7 nitrogen and oxygen atoms in total. The first-order chi connectivity index (χ1) is 11.9. The maximum absolute atomic E-state index is 12.5. The van der Waals surface area contributed by atoms with E-state index in [4.69, 9.17) is 13.9 Å². The van der Waals surface area contributed by atoms with Crippen LogP contribution in [-0.2, 0) is 25.1 Å². The summed E-state index contributed by atoms with van der Waals surface area (Å²) in [6.07, 6.45) is -0.570. The van der Waals surface area contributed by atoms with Gasteiger partial charge in [0.1, 0.15) is 11.5 Å². The van der Waals surface area contributed by atoms with Crippen molar-refractivity contribution < 1.29 is 27.1 Å². The number of nitrogens with one attached hydrogen (secondary N) is 1. The molecule has 0 radical (unpaired) electrons. The van der Waals surface area contributed by atoms with Crippen molar-refractivity contribution in [3.05, 3.63) is 53.5 Å². The molecule has 1 amide bonds. The maximum Gasteiger partial charge on any atom is 0.287 e. The molecule has 1 N–H and O–H groups in total. The van der Waals surface area contributed by atoms with Crippen molar-refractivity contribution in [2.24, 2.45) is 0 Å². The van der Waals surface area contributed by atoms with Gasteiger partial charge in [-0.15, -0.1) is 0 Å². The predicted molar refractivity (Wildman–Crippen MR) is 90.9 cm³/mol. The third kappa shape index (κ3) is 4.91. The van der Waals surface area contributed by atoms with E-state index in [1.807, 2.05) is 0 Å². The summed E-state index contributed by atoms with van der Waals surface area (Å²) in [6.45, 7) is 1.87. The second-order valence-corrected chi connectivity index (χ2v) is 7.36. The van der Waals surface area contributed by atoms with Crippen molar-refractivity contribution >= 4 is 15.7 Å². The van der Waals surface area contributed by atoms with Crippen LogP contribution < -0.4 is 5.32 Å². The van der Waals surface area contributed by atoms with Crippen LogP contribution in [0.15, 0.2) is 45.7 Å². The van der Waals surface area contributed by atoms with Gasteiger partial charge in [0.25, 0.3) is 5.91 Å². The lowest BCUT2D eigenvalue weighted by molar-refractivity contribution is -0.0975. The Hall–Kier alpha value is -2.16. The van der Waals surface area contributed by atoms with Crippen molar-refractivity contribution in [1.82, 2.24) is 5.32 Å². The number of methoxy groups -OCH3 is 2. The minimum Gasteiger partial charge on any atom is -0.455 e. The molecule has 0 unspecified atom stereocenters. The van der Waals surface area contributed by atoms with Gasteiger partial charge in [0.15, 0.2) is 21.9 Å². The van der Waals surface area contributed by atoms with Crippen LogP contribution in [0.3, 0.4) is 0 Å². The molecular weight excluding hydrogens is 346 g/mol. The van der Waals surface area contributed by atoms with Gasteiger partial charge in [-0.1, -0.05) is 18.2 Å². The molecule has 0 saturated heterocycles. The van der Waals surface area contributed by atoms with Crippen LogP contribution in [0.1, 0.15) is 21.9 Å². The van der Waals surface area contributed by atoms with Gasteiger partial charge in [-0.05, 0) is 30.7 Å². The number of hydrogen-bond acceptors (Lipinski definition) is 6. The molecule has 1 heterocycles. The maximum atomic E-state index is 12.5. The topological polar surface area (TPSA) is 94.8 Å². The lowest BCUT2D eigenvalue weighted by Crippen LogP contribution is -2.33. The highest BCUT2D eigenvalue weighted by atomic mass is 32.2. The Morgan fingerprint density at radius 3 is 2.48 bits per heavy atom. The molecular formula is C17H21NO6S. The second kappa shape index (κ2) is 8.28. The van der Waals surface area contributed by atoms with Gasteiger partial charge in [0.2, 0.25) is 0 Å². The molecule has 2 rings (SSSR count). The first-order valence-corrected chi connectivity index (χ1v) is 9.23. The van der Waals surface area contributed by atoms with Gasteiger partial charge >= 0.3 is 0 Å². The number of aryl methyl sites for hydroxylation is 1. The van der Waals surface area contributed by atoms with Crippen LogP contribution in [0.5, 0.6) is 0 Å². The molecule has 0 atom stereocenters. The van der Waals surface area contributed by atoms with Gasteiger partial charge in [0, 0.05) is 14.2 Å². The van der Waals surface area contributed by atoms with Gasteiger partial charge in [0.05, 0.1) is 11.4 Å². The quantitative estimate of drug-likeness (QED) is 0.716. The van der Waals surface area contributed by atoms with Gasteiger partial charge < -0.3 is 19.2 Å². The Morgan fingerprint density at radius 2 is 1.84 bits per heavy atom. The summed E-state index contributed by atoms with van der Waals surface area (Å²) >= 11 is 0. The van der Waals surface area contributed by atoms with E-state index in [1.165, 1.54) is 26.4 Å². The smallest absolute Gasteiger partial charge is 0.287 e.